The number of aliphatic hydroxyl groups excluding tert-OH is 1. The van der Waals surface area contributed by atoms with Crippen LogP contribution >= 0.6 is 0 Å². The molecule has 0 aliphatic carbocycles. The van der Waals surface area contributed by atoms with Crippen molar-refractivity contribution >= 4 is 23.1 Å². The number of ether oxygens (including phenoxy) is 1. The van der Waals surface area contributed by atoms with Gasteiger partial charge in [-0.2, -0.15) is 0 Å². The molecule has 34 heavy (non-hydrogen) atoms. The van der Waals surface area contributed by atoms with Crippen molar-refractivity contribution in [1.29, 1.82) is 0 Å². The summed E-state index contributed by atoms with van der Waals surface area (Å²) in [7, 11) is 0. The molecule has 1 amide bonds. The number of carbonyl (C=O) groups excluding carboxylic acids is 2. The Morgan fingerprint density at radius 1 is 1.03 bits per heavy atom. The van der Waals surface area contributed by atoms with Crippen LogP contribution in [-0.2, 0) is 9.59 Å². The zero-order valence-electron chi connectivity index (χ0n) is 18.7. The molecule has 1 N–H and O–H groups in total. The van der Waals surface area contributed by atoms with Crippen LogP contribution in [0.25, 0.3) is 5.76 Å². The van der Waals surface area contributed by atoms with Crippen LogP contribution in [0.15, 0.2) is 72.3 Å². The van der Waals surface area contributed by atoms with E-state index in [1.807, 2.05) is 19.9 Å². The van der Waals surface area contributed by atoms with E-state index in [1.54, 1.807) is 42.5 Å². The molecule has 0 bridgehead atoms. The van der Waals surface area contributed by atoms with Gasteiger partial charge in [-0.15, -0.1) is 0 Å². The number of ketones is 1. The van der Waals surface area contributed by atoms with Gasteiger partial charge >= 0.3 is 0 Å². The fraction of sp³-hybridized carbons (Fsp3) is 0.185. The minimum absolute atomic E-state index is 0.188. The first-order valence-electron chi connectivity index (χ1n) is 10.9. The van der Waals surface area contributed by atoms with Crippen molar-refractivity contribution in [3.8, 4) is 5.75 Å². The van der Waals surface area contributed by atoms with E-state index >= 15 is 0 Å². The normalized spacial score (nSPS) is 17.3. The predicted octanol–water partition coefficient (Wildman–Crippen LogP) is 5.69. The zero-order chi connectivity index (χ0) is 24.4. The van der Waals surface area contributed by atoms with Gasteiger partial charge in [0.25, 0.3) is 11.7 Å². The molecule has 1 saturated heterocycles. The minimum Gasteiger partial charge on any atom is -0.507 e. The Kier molecular flexibility index (Phi) is 6.45. The van der Waals surface area contributed by atoms with Crippen molar-refractivity contribution in [2.75, 3.05) is 11.5 Å². The van der Waals surface area contributed by atoms with E-state index in [1.165, 1.54) is 0 Å². The third kappa shape index (κ3) is 4.29. The summed E-state index contributed by atoms with van der Waals surface area (Å²) in [5.41, 5.74) is 1.19. The summed E-state index contributed by atoms with van der Waals surface area (Å²) >= 11 is 0. The highest BCUT2D eigenvalue weighted by molar-refractivity contribution is 6.51. The largest absolute Gasteiger partial charge is 0.507 e. The lowest BCUT2D eigenvalue weighted by molar-refractivity contribution is -0.132. The molecule has 3 aromatic carbocycles. The second-order valence-electron chi connectivity index (χ2n) is 8.06. The molecule has 0 radical (unpaired) electrons. The quantitative estimate of drug-likeness (QED) is 0.290. The molecule has 0 aromatic heterocycles. The first kappa shape index (κ1) is 23.2. The summed E-state index contributed by atoms with van der Waals surface area (Å²) in [6.45, 7) is 4.27. The predicted molar refractivity (Wildman–Crippen MR) is 125 cm³/mol. The standard InChI is InChI=1S/C27H23F2NO4/c1-3-12-34-20-9-5-8-18(14-20)25(31)23-24(17-7-4-6-16(2)13-17)30(27(33)26(23)32)22-11-10-19(28)15-21(22)29/h4-11,13-15,24,31H,3,12H2,1-2H3/b25-23+. The molecule has 1 heterocycles. The van der Waals surface area contributed by atoms with E-state index in [9.17, 15) is 23.5 Å². The van der Waals surface area contributed by atoms with Crippen LogP contribution in [0.1, 0.15) is 36.1 Å². The smallest absolute Gasteiger partial charge is 0.300 e. The number of aryl methyl sites for hydroxylation is 1. The van der Waals surface area contributed by atoms with E-state index in [-0.39, 0.29) is 16.8 Å². The zero-order valence-corrected chi connectivity index (χ0v) is 18.7. The Morgan fingerprint density at radius 2 is 1.79 bits per heavy atom. The Balaban J connectivity index is 1.92. The van der Waals surface area contributed by atoms with Gasteiger partial charge in [-0.1, -0.05) is 48.9 Å². The molecule has 7 heteroatoms. The SMILES string of the molecule is CCCOc1cccc(/C(O)=C2\C(=O)C(=O)N(c3ccc(F)cc3F)C2c2cccc(C)c2)c1. The van der Waals surface area contributed by atoms with Crippen molar-refractivity contribution in [3.63, 3.8) is 0 Å². The average Bonchev–Trinajstić information content (AvgIpc) is 3.08. The summed E-state index contributed by atoms with van der Waals surface area (Å²) < 4.78 is 33.9. The molecule has 1 atom stereocenters. The first-order chi connectivity index (χ1) is 16.3. The van der Waals surface area contributed by atoms with Gasteiger partial charge in [0, 0.05) is 11.6 Å². The molecule has 174 valence electrons. The lowest BCUT2D eigenvalue weighted by atomic mass is 9.94. The summed E-state index contributed by atoms with van der Waals surface area (Å²) in [5.74, 6) is -3.69. The van der Waals surface area contributed by atoms with Gasteiger partial charge in [-0.25, -0.2) is 8.78 Å². The van der Waals surface area contributed by atoms with Crippen molar-refractivity contribution in [2.45, 2.75) is 26.3 Å². The molecule has 0 spiro atoms. The third-order valence-corrected chi connectivity index (χ3v) is 5.55. The number of hydrogen-bond acceptors (Lipinski definition) is 4. The van der Waals surface area contributed by atoms with Gasteiger partial charge in [-0.05, 0) is 43.2 Å². The summed E-state index contributed by atoms with van der Waals surface area (Å²) in [4.78, 5) is 27.2. The van der Waals surface area contributed by atoms with Crippen LogP contribution < -0.4 is 9.64 Å². The number of halogens is 2. The number of Topliss-reactive ketones (excluding diaryl/α,β-unsaturated/α-hetero) is 1. The maximum absolute atomic E-state index is 14.8. The van der Waals surface area contributed by atoms with Crippen LogP contribution in [0.2, 0.25) is 0 Å². The number of rotatable bonds is 6. The van der Waals surface area contributed by atoms with E-state index in [2.05, 4.69) is 0 Å². The van der Waals surface area contributed by atoms with Gasteiger partial charge in [0.05, 0.1) is 23.9 Å². The van der Waals surface area contributed by atoms with E-state index in [0.29, 0.717) is 24.0 Å². The Hall–Kier alpha value is -4.00. The monoisotopic (exact) mass is 463 g/mol. The fourth-order valence-electron chi connectivity index (χ4n) is 4.02. The number of benzene rings is 3. The molecule has 1 aliphatic rings. The van der Waals surface area contributed by atoms with Crippen LogP contribution in [0, 0.1) is 18.6 Å². The van der Waals surface area contributed by atoms with Crippen molar-refractivity contribution in [3.05, 3.63) is 101 Å². The molecule has 1 unspecified atom stereocenters. The number of aliphatic hydroxyl groups is 1. The van der Waals surface area contributed by atoms with Gasteiger partial charge in [-0.3, -0.25) is 14.5 Å². The van der Waals surface area contributed by atoms with Gasteiger partial charge in [0.1, 0.15) is 23.1 Å². The molecule has 1 fully saturated rings. The number of carbonyl (C=O) groups is 2. The number of hydrogen-bond donors (Lipinski definition) is 1. The van der Waals surface area contributed by atoms with E-state index in [0.717, 1.165) is 29.0 Å². The van der Waals surface area contributed by atoms with E-state index in [4.69, 9.17) is 4.74 Å². The second-order valence-corrected chi connectivity index (χ2v) is 8.06. The highest BCUT2D eigenvalue weighted by atomic mass is 19.1. The number of nitrogens with zero attached hydrogens (tertiary/aromatic N) is 1. The molecular formula is C27H23F2NO4. The Labute approximate surface area is 195 Å². The summed E-state index contributed by atoms with van der Waals surface area (Å²) in [5, 5.41) is 11.2. The van der Waals surface area contributed by atoms with Gasteiger partial charge < -0.3 is 9.84 Å². The summed E-state index contributed by atoms with van der Waals surface area (Å²) in [6.07, 6.45) is 0.790. The lowest BCUT2D eigenvalue weighted by Crippen LogP contribution is -2.30. The minimum atomic E-state index is -1.11. The number of amides is 1. The Morgan fingerprint density at radius 3 is 2.50 bits per heavy atom. The van der Waals surface area contributed by atoms with Crippen LogP contribution in [0.3, 0.4) is 0 Å². The van der Waals surface area contributed by atoms with Gasteiger partial charge in [0.2, 0.25) is 0 Å². The maximum Gasteiger partial charge on any atom is 0.300 e. The molecule has 4 rings (SSSR count). The fourth-order valence-corrected chi connectivity index (χ4v) is 4.02. The average molecular weight is 463 g/mol. The lowest BCUT2D eigenvalue weighted by Gasteiger charge is -2.26. The van der Waals surface area contributed by atoms with E-state index < -0.39 is 35.1 Å². The van der Waals surface area contributed by atoms with Crippen molar-refractivity contribution in [1.82, 2.24) is 0 Å². The third-order valence-electron chi connectivity index (χ3n) is 5.55. The molecule has 3 aromatic rings. The Bertz CT molecular complexity index is 1300. The molecule has 1 aliphatic heterocycles. The highest BCUT2D eigenvalue weighted by Crippen LogP contribution is 2.43. The van der Waals surface area contributed by atoms with Crippen molar-refractivity contribution < 1.29 is 28.2 Å². The van der Waals surface area contributed by atoms with Crippen LogP contribution in [0.4, 0.5) is 14.5 Å². The maximum atomic E-state index is 14.8. The topological polar surface area (TPSA) is 66.8 Å². The molecular weight excluding hydrogens is 440 g/mol. The summed E-state index contributed by atoms with van der Waals surface area (Å²) in [6, 6.07) is 15.2. The highest BCUT2D eigenvalue weighted by Gasteiger charge is 2.47. The van der Waals surface area contributed by atoms with Crippen LogP contribution in [0.5, 0.6) is 5.75 Å². The van der Waals surface area contributed by atoms with Crippen molar-refractivity contribution in [2.24, 2.45) is 0 Å². The first-order valence-corrected chi connectivity index (χ1v) is 10.9. The second kappa shape index (κ2) is 9.47. The molecule has 5 nitrogen and oxygen atoms in total. The molecule has 0 saturated carbocycles. The van der Waals surface area contributed by atoms with Crippen LogP contribution in [-0.4, -0.2) is 23.4 Å². The van der Waals surface area contributed by atoms with Gasteiger partial charge in [0.15, 0.2) is 0 Å². The number of anilines is 1.